The number of hydrogen-bond donors (Lipinski definition) is 1. The molecule has 172 valence electrons. The number of aromatic nitrogens is 2. The van der Waals surface area contributed by atoms with Crippen molar-refractivity contribution in [2.45, 2.75) is 11.1 Å². The summed E-state index contributed by atoms with van der Waals surface area (Å²) < 4.78 is 7.80. The molecule has 1 unspecified atom stereocenters. The van der Waals surface area contributed by atoms with Gasteiger partial charge in [0.1, 0.15) is 6.17 Å². The van der Waals surface area contributed by atoms with Gasteiger partial charge in [-0.25, -0.2) is 9.98 Å². The highest BCUT2D eigenvalue weighted by Crippen LogP contribution is 2.34. The minimum absolute atomic E-state index is 0.0433. The number of morpholine rings is 1. The van der Waals surface area contributed by atoms with E-state index < -0.39 is 0 Å². The molecule has 3 aliphatic heterocycles. The van der Waals surface area contributed by atoms with Gasteiger partial charge in [0.25, 0.3) is 0 Å². The normalized spacial score (nSPS) is 21.4. The molecule has 1 saturated heterocycles. The van der Waals surface area contributed by atoms with Gasteiger partial charge in [-0.3, -0.25) is 19.3 Å². The first-order valence-electron chi connectivity index (χ1n) is 11.5. The second-order valence-electron chi connectivity index (χ2n) is 8.63. The smallest absolute Gasteiger partial charge is 0.216 e. The topological polar surface area (TPSA) is 61.2 Å². The van der Waals surface area contributed by atoms with Crippen LogP contribution in [0.2, 0.25) is 0 Å². The Bertz CT molecular complexity index is 1160. The number of nitrogens with zero attached hydrogens (tertiary/aromatic N) is 6. The molecule has 0 aliphatic carbocycles. The van der Waals surface area contributed by atoms with Crippen molar-refractivity contribution in [1.29, 1.82) is 0 Å². The van der Waals surface area contributed by atoms with Gasteiger partial charge in [-0.05, 0) is 36.1 Å². The van der Waals surface area contributed by atoms with Gasteiger partial charge in [0.2, 0.25) is 11.9 Å². The van der Waals surface area contributed by atoms with E-state index in [1.54, 1.807) is 11.8 Å². The van der Waals surface area contributed by atoms with E-state index in [0.29, 0.717) is 6.67 Å². The molecule has 0 bridgehead atoms. The molecule has 3 aromatic rings. The van der Waals surface area contributed by atoms with E-state index in [9.17, 15) is 0 Å². The lowest BCUT2D eigenvalue weighted by atomic mass is 10.1. The maximum absolute atomic E-state index is 5.48. The quantitative estimate of drug-likeness (QED) is 0.584. The third kappa shape index (κ3) is 3.99. The van der Waals surface area contributed by atoms with Crippen molar-refractivity contribution in [2.24, 2.45) is 4.99 Å². The van der Waals surface area contributed by atoms with Gasteiger partial charge in [-0.1, -0.05) is 24.3 Å². The molecule has 0 saturated carbocycles. The van der Waals surface area contributed by atoms with Crippen LogP contribution in [0.3, 0.4) is 0 Å². The van der Waals surface area contributed by atoms with Gasteiger partial charge in [0.15, 0.2) is 0 Å². The molecular formula is C24H29N7OS. The molecule has 2 aromatic carbocycles. The van der Waals surface area contributed by atoms with Gasteiger partial charge < -0.3 is 10.1 Å². The molecule has 8 nitrogen and oxygen atoms in total. The highest BCUT2D eigenvalue weighted by atomic mass is 32.2. The summed E-state index contributed by atoms with van der Waals surface area (Å²) in [7, 11) is 0. The summed E-state index contributed by atoms with van der Waals surface area (Å²) >= 11 is 1.76. The fraction of sp³-hybridized carbons (Fsp3) is 0.417. The summed E-state index contributed by atoms with van der Waals surface area (Å²) in [5.41, 5.74) is 3.34. The molecule has 4 heterocycles. The van der Waals surface area contributed by atoms with E-state index in [-0.39, 0.29) is 6.17 Å². The second kappa shape index (κ2) is 8.98. The molecule has 0 spiro atoms. The molecule has 1 N–H and O–H groups in total. The van der Waals surface area contributed by atoms with Crippen LogP contribution in [0.25, 0.3) is 11.0 Å². The standard InChI is InChI=1S/C24H29N7OS/c1-33-19-8-6-18(7-9-19)22-27-23-25-16-29(11-10-28-12-14-32-15-13-28)17-30(23)24-26-20-4-2-3-5-21(20)31(22)24/h2-9,22H,10-17H2,1H3,(H,25,27). The molecule has 6 rings (SSSR count). The van der Waals surface area contributed by atoms with Crippen LogP contribution >= 0.6 is 11.8 Å². The second-order valence-corrected chi connectivity index (χ2v) is 9.51. The predicted molar refractivity (Wildman–Crippen MR) is 133 cm³/mol. The van der Waals surface area contributed by atoms with E-state index in [1.807, 2.05) is 0 Å². The Morgan fingerprint density at radius 1 is 1.03 bits per heavy atom. The number of anilines is 1. The number of benzene rings is 2. The van der Waals surface area contributed by atoms with Crippen molar-refractivity contribution in [3.05, 3.63) is 54.1 Å². The van der Waals surface area contributed by atoms with Crippen molar-refractivity contribution < 1.29 is 4.74 Å². The van der Waals surface area contributed by atoms with Gasteiger partial charge in [-0.2, -0.15) is 0 Å². The average Bonchev–Trinajstić information content (AvgIpc) is 3.28. The van der Waals surface area contributed by atoms with Gasteiger partial charge in [0.05, 0.1) is 37.6 Å². The van der Waals surface area contributed by atoms with Crippen LogP contribution in [0, 0.1) is 0 Å². The van der Waals surface area contributed by atoms with E-state index in [1.165, 1.54) is 10.5 Å². The first-order valence-corrected chi connectivity index (χ1v) is 12.7. The Kier molecular flexibility index (Phi) is 5.71. The van der Waals surface area contributed by atoms with Gasteiger partial charge in [-0.15, -0.1) is 11.8 Å². The largest absolute Gasteiger partial charge is 0.379 e. The first kappa shape index (κ1) is 21.0. The number of nitrogens with one attached hydrogen (secondary N) is 1. The molecule has 1 atom stereocenters. The molecule has 1 fully saturated rings. The SMILES string of the molecule is CSc1ccc(C2NC3=NCN(CCN4CCOCC4)CN3c3nc4ccccc4n32)cc1. The Morgan fingerprint density at radius 2 is 1.82 bits per heavy atom. The molecule has 9 heteroatoms. The zero-order valence-electron chi connectivity index (χ0n) is 18.9. The summed E-state index contributed by atoms with van der Waals surface area (Å²) in [6.45, 7) is 7.19. The van der Waals surface area contributed by atoms with Gasteiger partial charge in [0, 0.05) is 31.1 Å². The van der Waals surface area contributed by atoms with Crippen LogP contribution in [0.1, 0.15) is 11.7 Å². The Labute approximate surface area is 198 Å². The summed E-state index contributed by atoms with van der Waals surface area (Å²) in [5, 5.41) is 3.71. The zero-order chi connectivity index (χ0) is 22.2. The maximum atomic E-state index is 5.48. The molecule has 0 radical (unpaired) electrons. The number of rotatable bonds is 5. The summed E-state index contributed by atoms with van der Waals surface area (Å²) in [5.74, 6) is 1.85. The van der Waals surface area contributed by atoms with E-state index in [4.69, 9.17) is 14.7 Å². The van der Waals surface area contributed by atoms with Crippen LogP contribution in [0.15, 0.2) is 58.4 Å². The number of fused-ring (bicyclic) bond motifs is 5. The third-order valence-electron chi connectivity index (χ3n) is 6.63. The Hall–Kier alpha value is -2.59. The van der Waals surface area contributed by atoms with Crippen LogP contribution in [0.5, 0.6) is 0 Å². The molecule has 0 amide bonds. The van der Waals surface area contributed by atoms with Crippen molar-refractivity contribution >= 4 is 34.7 Å². The minimum Gasteiger partial charge on any atom is -0.379 e. The van der Waals surface area contributed by atoms with Gasteiger partial charge >= 0.3 is 0 Å². The molecular weight excluding hydrogens is 434 g/mol. The van der Waals surface area contributed by atoms with Crippen molar-refractivity contribution in [3.8, 4) is 0 Å². The summed E-state index contributed by atoms with van der Waals surface area (Å²) in [6, 6.07) is 17.2. The third-order valence-corrected chi connectivity index (χ3v) is 7.37. The fourth-order valence-corrected chi connectivity index (χ4v) is 5.18. The highest BCUT2D eigenvalue weighted by Gasteiger charge is 2.35. The van der Waals surface area contributed by atoms with Crippen LogP contribution in [-0.2, 0) is 4.74 Å². The summed E-state index contributed by atoms with van der Waals surface area (Å²) in [6.07, 6.45) is 2.06. The lowest BCUT2D eigenvalue weighted by molar-refractivity contribution is 0.0334. The lowest BCUT2D eigenvalue weighted by Crippen LogP contribution is -2.58. The Balaban J connectivity index is 1.31. The first-order chi connectivity index (χ1) is 16.3. The van der Waals surface area contributed by atoms with Crippen molar-refractivity contribution in [1.82, 2.24) is 24.7 Å². The highest BCUT2D eigenvalue weighted by molar-refractivity contribution is 7.98. The number of thioether (sulfide) groups is 1. The summed E-state index contributed by atoms with van der Waals surface area (Å²) in [4.78, 5) is 18.3. The molecule has 33 heavy (non-hydrogen) atoms. The van der Waals surface area contributed by atoms with Crippen LogP contribution in [0.4, 0.5) is 5.95 Å². The molecule has 3 aliphatic rings. The van der Waals surface area contributed by atoms with Crippen LogP contribution in [-0.4, -0.2) is 84.3 Å². The lowest BCUT2D eigenvalue weighted by Gasteiger charge is -2.42. The maximum Gasteiger partial charge on any atom is 0.216 e. The predicted octanol–water partition coefficient (Wildman–Crippen LogP) is 2.63. The number of ether oxygens (including phenoxy) is 1. The number of guanidine groups is 1. The Morgan fingerprint density at radius 3 is 2.64 bits per heavy atom. The zero-order valence-corrected chi connectivity index (χ0v) is 19.7. The van der Waals surface area contributed by atoms with E-state index >= 15 is 0 Å². The monoisotopic (exact) mass is 463 g/mol. The van der Waals surface area contributed by atoms with Crippen LogP contribution < -0.4 is 10.2 Å². The number of aliphatic imine (C=N–C) groups is 1. The number of imidazole rings is 1. The van der Waals surface area contributed by atoms with Crippen molar-refractivity contribution in [3.63, 3.8) is 0 Å². The fourth-order valence-electron chi connectivity index (χ4n) is 4.78. The minimum atomic E-state index is -0.0433. The van der Waals surface area contributed by atoms with Crippen molar-refractivity contribution in [2.75, 3.05) is 63.9 Å². The average molecular weight is 464 g/mol. The number of hydrogen-bond acceptors (Lipinski definition) is 8. The van der Waals surface area contributed by atoms with E-state index in [0.717, 1.165) is 69.0 Å². The van der Waals surface area contributed by atoms with E-state index in [2.05, 4.69) is 79.4 Å². The number of para-hydroxylation sites is 2. The molecule has 1 aromatic heterocycles.